The van der Waals surface area contributed by atoms with Crippen molar-refractivity contribution in [1.82, 2.24) is 4.98 Å². The predicted molar refractivity (Wildman–Crippen MR) is 84.4 cm³/mol. The second kappa shape index (κ2) is 6.68. The Morgan fingerprint density at radius 1 is 0.773 bits per heavy atom. The molecule has 0 spiro atoms. The van der Waals surface area contributed by atoms with Gasteiger partial charge in [0.2, 0.25) is 0 Å². The van der Waals surface area contributed by atoms with Crippen LogP contribution in [0.2, 0.25) is 0 Å². The molecule has 0 aliphatic carbocycles. The minimum atomic E-state index is -0.447. The third kappa shape index (κ3) is 3.20. The molecule has 1 aromatic heterocycles. The van der Waals surface area contributed by atoms with Crippen molar-refractivity contribution in [1.29, 1.82) is 0 Å². The molecule has 0 amide bonds. The number of carbonyl (C=O) groups is 1. The fourth-order valence-corrected chi connectivity index (χ4v) is 2.24. The summed E-state index contributed by atoms with van der Waals surface area (Å²) in [7, 11) is 0. The number of esters is 1. The summed E-state index contributed by atoms with van der Waals surface area (Å²) in [5.74, 6) is -0.432. The predicted octanol–water partition coefficient (Wildman–Crippen LogP) is 4.03. The van der Waals surface area contributed by atoms with Crippen LogP contribution in [-0.4, -0.2) is 11.0 Å². The van der Waals surface area contributed by atoms with Gasteiger partial charge < -0.3 is 4.74 Å². The number of nitrogens with zero attached hydrogens (tertiary/aromatic N) is 1. The van der Waals surface area contributed by atoms with E-state index in [1.807, 2.05) is 60.7 Å². The zero-order chi connectivity index (χ0) is 15.2. The van der Waals surface area contributed by atoms with E-state index < -0.39 is 12.1 Å². The molecule has 108 valence electrons. The highest BCUT2D eigenvalue weighted by Crippen LogP contribution is 2.26. The Morgan fingerprint density at radius 3 is 1.82 bits per heavy atom. The molecule has 22 heavy (non-hydrogen) atoms. The monoisotopic (exact) mass is 289 g/mol. The highest BCUT2D eigenvalue weighted by Gasteiger charge is 2.20. The molecule has 0 atom stereocenters. The van der Waals surface area contributed by atoms with Crippen molar-refractivity contribution in [2.75, 3.05) is 0 Å². The maximum absolute atomic E-state index is 12.3. The van der Waals surface area contributed by atoms with E-state index in [1.54, 1.807) is 24.4 Å². The van der Waals surface area contributed by atoms with E-state index in [-0.39, 0.29) is 0 Å². The normalized spacial score (nSPS) is 10.4. The van der Waals surface area contributed by atoms with E-state index in [0.29, 0.717) is 5.69 Å². The molecule has 0 N–H and O–H groups in total. The van der Waals surface area contributed by atoms with Gasteiger partial charge in [0.25, 0.3) is 0 Å². The van der Waals surface area contributed by atoms with Crippen molar-refractivity contribution in [3.63, 3.8) is 0 Å². The summed E-state index contributed by atoms with van der Waals surface area (Å²) in [5, 5.41) is 0. The van der Waals surface area contributed by atoms with E-state index in [0.717, 1.165) is 11.1 Å². The largest absolute Gasteiger partial charge is 0.448 e. The Kier molecular flexibility index (Phi) is 4.25. The number of benzene rings is 2. The minimum absolute atomic E-state index is 0.305. The number of pyridine rings is 1. The van der Waals surface area contributed by atoms with Crippen molar-refractivity contribution < 1.29 is 9.53 Å². The summed E-state index contributed by atoms with van der Waals surface area (Å²) < 4.78 is 5.71. The zero-order valence-electron chi connectivity index (χ0n) is 11.9. The Labute approximate surface area is 129 Å². The van der Waals surface area contributed by atoms with Gasteiger partial charge in [-0.25, -0.2) is 9.78 Å². The Bertz CT molecular complexity index is 688. The van der Waals surface area contributed by atoms with E-state index in [4.69, 9.17) is 4.74 Å². The molecule has 0 bridgehead atoms. The molecule has 3 nitrogen and oxygen atoms in total. The first-order chi connectivity index (χ1) is 10.8. The fourth-order valence-electron chi connectivity index (χ4n) is 2.24. The number of carbonyl (C=O) groups excluding carboxylic acids is 1. The van der Waals surface area contributed by atoms with Crippen LogP contribution in [0, 0.1) is 0 Å². The highest BCUT2D eigenvalue weighted by atomic mass is 16.5. The van der Waals surface area contributed by atoms with Crippen molar-refractivity contribution >= 4 is 5.97 Å². The van der Waals surface area contributed by atoms with Crippen LogP contribution in [0.3, 0.4) is 0 Å². The zero-order valence-corrected chi connectivity index (χ0v) is 11.9. The molecular formula is C19H15NO2. The molecule has 3 rings (SSSR count). The first-order valence-electron chi connectivity index (χ1n) is 7.06. The van der Waals surface area contributed by atoms with Crippen LogP contribution < -0.4 is 0 Å². The summed E-state index contributed by atoms with van der Waals surface area (Å²) >= 11 is 0. The first-order valence-corrected chi connectivity index (χ1v) is 7.06. The van der Waals surface area contributed by atoms with Gasteiger partial charge in [-0.05, 0) is 23.3 Å². The average molecular weight is 289 g/mol. The Balaban J connectivity index is 1.91. The van der Waals surface area contributed by atoms with E-state index >= 15 is 0 Å². The standard InChI is InChI=1S/C19H15NO2/c21-19(17-13-7-8-14-20-17)22-18(15-9-3-1-4-10-15)16-11-5-2-6-12-16/h1-14,18H. The fraction of sp³-hybridized carbons (Fsp3) is 0.0526. The van der Waals surface area contributed by atoms with Crippen LogP contribution in [0.1, 0.15) is 27.7 Å². The van der Waals surface area contributed by atoms with Crippen LogP contribution in [0.4, 0.5) is 0 Å². The summed E-state index contributed by atoms with van der Waals surface area (Å²) in [4.78, 5) is 16.4. The van der Waals surface area contributed by atoms with E-state index in [1.165, 1.54) is 0 Å². The van der Waals surface area contributed by atoms with Gasteiger partial charge in [-0.2, -0.15) is 0 Å². The third-order valence-electron chi connectivity index (χ3n) is 3.30. The minimum Gasteiger partial charge on any atom is -0.448 e. The van der Waals surface area contributed by atoms with Crippen LogP contribution in [0.5, 0.6) is 0 Å². The summed E-state index contributed by atoms with van der Waals surface area (Å²) in [5.41, 5.74) is 2.16. The first kappa shape index (κ1) is 14.0. The van der Waals surface area contributed by atoms with Crippen molar-refractivity contribution in [3.05, 3.63) is 102 Å². The molecule has 1 heterocycles. The molecule has 0 saturated carbocycles. The average Bonchev–Trinajstić information content (AvgIpc) is 2.62. The lowest BCUT2D eigenvalue weighted by Gasteiger charge is -2.18. The maximum Gasteiger partial charge on any atom is 0.357 e. The molecule has 0 unspecified atom stereocenters. The third-order valence-corrected chi connectivity index (χ3v) is 3.30. The number of hydrogen-bond donors (Lipinski definition) is 0. The molecule has 3 heteroatoms. The quantitative estimate of drug-likeness (QED) is 0.681. The second-order valence-corrected chi connectivity index (χ2v) is 4.82. The highest BCUT2D eigenvalue weighted by molar-refractivity contribution is 5.87. The van der Waals surface area contributed by atoms with Gasteiger partial charge in [-0.3, -0.25) is 0 Å². The Hall–Kier alpha value is -2.94. The van der Waals surface area contributed by atoms with Gasteiger partial charge in [0.05, 0.1) is 0 Å². The van der Waals surface area contributed by atoms with Gasteiger partial charge in [0, 0.05) is 6.20 Å². The van der Waals surface area contributed by atoms with Crippen LogP contribution >= 0.6 is 0 Å². The Morgan fingerprint density at radius 2 is 1.32 bits per heavy atom. The number of ether oxygens (including phenoxy) is 1. The van der Waals surface area contributed by atoms with E-state index in [2.05, 4.69) is 4.98 Å². The van der Waals surface area contributed by atoms with Crippen molar-refractivity contribution in [3.8, 4) is 0 Å². The molecule has 0 saturated heterocycles. The van der Waals surface area contributed by atoms with Crippen molar-refractivity contribution in [2.45, 2.75) is 6.10 Å². The van der Waals surface area contributed by atoms with Crippen molar-refractivity contribution in [2.24, 2.45) is 0 Å². The van der Waals surface area contributed by atoms with Crippen LogP contribution in [0.15, 0.2) is 85.1 Å². The number of hydrogen-bond acceptors (Lipinski definition) is 3. The van der Waals surface area contributed by atoms with Gasteiger partial charge >= 0.3 is 5.97 Å². The van der Waals surface area contributed by atoms with Gasteiger partial charge in [0.15, 0.2) is 6.10 Å². The lowest BCUT2D eigenvalue weighted by Crippen LogP contribution is -2.14. The summed E-state index contributed by atoms with van der Waals surface area (Å²) in [6.07, 6.45) is 1.13. The topological polar surface area (TPSA) is 39.2 Å². The second-order valence-electron chi connectivity index (χ2n) is 4.82. The molecule has 0 radical (unpaired) electrons. The van der Waals surface area contributed by atoms with Crippen LogP contribution in [0.25, 0.3) is 0 Å². The molecule has 2 aromatic carbocycles. The van der Waals surface area contributed by atoms with Gasteiger partial charge in [0.1, 0.15) is 5.69 Å². The molecule has 3 aromatic rings. The number of rotatable bonds is 4. The van der Waals surface area contributed by atoms with Gasteiger partial charge in [-0.1, -0.05) is 66.7 Å². The molecule has 0 aliphatic rings. The molecular weight excluding hydrogens is 274 g/mol. The SMILES string of the molecule is O=C(OC(c1ccccc1)c1ccccc1)c1ccccn1. The molecule has 0 aliphatic heterocycles. The number of aromatic nitrogens is 1. The smallest absolute Gasteiger partial charge is 0.357 e. The van der Waals surface area contributed by atoms with Crippen LogP contribution in [-0.2, 0) is 4.74 Å². The van der Waals surface area contributed by atoms with Gasteiger partial charge in [-0.15, -0.1) is 0 Å². The molecule has 0 fully saturated rings. The maximum atomic E-state index is 12.3. The summed E-state index contributed by atoms with van der Waals surface area (Å²) in [6.45, 7) is 0. The summed E-state index contributed by atoms with van der Waals surface area (Å²) in [6, 6.07) is 24.6. The van der Waals surface area contributed by atoms with E-state index in [9.17, 15) is 4.79 Å². The lowest BCUT2D eigenvalue weighted by molar-refractivity contribution is 0.0371. The lowest BCUT2D eigenvalue weighted by atomic mass is 10.0.